The van der Waals surface area contributed by atoms with Crippen molar-refractivity contribution in [1.29, 1.82) is 0 Å². The molecule has 1 aromatic carbocycles. The van der Waals surface area contributed by atoms with Crippen LogP contribution >= 0.6 is 0 Å². The van der Waals surface area contributed by atoms with E-state index < -0.39 is 0 Å². The van der Waals surface area contributed by atoms with Gasteiger partial charge in [0.2, 0.25) is 0 Å². The van der Waals surface area contributed by atoms with Gasteiger partial charge in [0.1, 0.15) is 0 Å². The molecule has 4 heteroatoms. The molecule has 1 heterocycles. The van der Waals surface area contributed by atoms with E-state index >= 15 is 0 Å². The number of halogens is 1. The highest BCUT2D eigenvalue weighted by molar-refractivity contribution is 5.50. The Bertz CT molecular complexity index is 337. The van der Waals surface area contributed by atoms with Gasteiger partial charge in [-0.3, -0.25) is 0 Å². The number of hydrogen-bond donors (Lipinski definition) is 1. The van der Waals surface area contributed by atoms with Gasteiger partial charge < -0.3 is 15.0 Å². The van der Waals surface area contributed by atoms with E-state index in [0.717, 1.165) is 31.9 Å². The van der Waals surface area contributed by atoms with E-state index in [9.17, 15) is 4.39 Å². The van der Waals surface area contributed by atoms with Crippen molar-refractivity contribution in [3.63, 3.8) is 0 Å². The Balaban J connectivity index is 2.17. The lowest BCUT2D eigenvalue weighted by Gasteiger charge is -2.29. The first-order valence-electron chi connectivity index (χ1n) is 5.10. The Kier molecular flexibility index (Phi) is 3.06. The summed E-state index contributed by atoms with van der Waals surface area (Å²) >= 11 is 0. The quantitative estimate of drug-likeness (QED) is 0.795. The van der Waals surface area contributed by atoms with E-state index in [1.165, 1.54) is 13.2 Å². The largest absolute Gasteiger partial charge is 0.494 e. The Labute approximate surface area is 88.8 Å². The molecule has 0 aromatic heterocycles. The fourth-order valence-corrected chi connectivity index (χ4v) is 1.78. The zero-order valence-electron chi connectivity index (χ0n) is 8.79. The maximum absolute atomic E-state index is 13.4. The van der Waals surface area contributed by atoms with Gasteiger partial charge in [0.25, 0.3) is 0 Å². The summed E-state index contributed by atoms with van der Waals surface area (Å²) in [6, 6.07) is 5.10. The van der Waals surface area contributed by atoms with Crippen LogP contribution in [-0.2, 0) is 0 Å². The van der Waals surface area contributed by atoms with E-state index in [0.29, 0.717) is 5.75 Å². The summed E-state index contributed by atoms with van der Waals surface area (Å²) in [5, 5.41) is 3.26. The van der Waals surface area contributed by atoms with Crippen LogP contribution in [0.4, 0.5) is 10.1 Å². The summed E-state index contributed by atoms with van der Waals surface area (Å²) in [6.07, 6.45) is 0. The molecule has 0 atom stereocenters. The number of piperazine rings is 1. The van der Waals surface area contributed by atoms with Gasteiger partial charge in [0.05, 0.1) is 7.11 Å². The average Bonchev–Trinajstić information content (AvgIpc) is 2.30. The summed E-state index contributed by atoms with van der Waals surface area (Å²) in [4.78, 5) is 2.17. The Morgan fingerprint density at radius 2 is 2.07 bits per heavy atom. The molecule has 0 unspecified atom stereocenters. The van der Waals surface area contributed by atoms with Gasteiger partial charge in [-0.2, -0.15) is 0 Å². The van der Waals surface area contributed by atoms with Crippen molar-refractivity contribution in [3.05, 3.63) is 24.0 Å². The first-order valence-corrected chi connectivity index (χ1v) is 5.10. The predicted octanol–water partition coefficient (Wildman–Crippen LogP) is 1.24. The first kappa shape index (κ1) is 10.2. The van der Waals surface area contributed by atoms with Gasteiger partial charge in [-0.1, -0.05) is 0 Å². The van der Waals surface area contributed by atoms with E-state index in [2.05, 4.69) is 10.2 Å². The second kappa shape index (κ2) is 4.49. The molecule has 0 aliphatic carbocycles. The Morgan fingerprint density at radius 3 is 2.67 bits per heavy atom. The fourth-order valence-electron chi connectivity index (χ4n) is 1.78. The van der Waals surface area contributed by atoms with E-state index in [1.807, 2.05) is 6.07 Å². The lowest BCUT2D eigenvalue weighted by atomic mass is 10.2. The van der Waals surface area contributed by atoms with Crippen LogP contribution < -0.4 is 15.0 Å². The Hall–Kier alpha value is -1.29. The zero-order chi connectivity index (χ0) is 10.7. The molecule has 2 rings (SSSR count). The summed E-state index contributed by atoms with van der Waals surface area (Å²) in [7, 11) is 1.48. The highest BCUT2D eigenvalue weighted by Crippen LogP contribution is 2.23. The minimum absolute atomic E-state index is 0.298. The monoisotopic (exact) mass is 210 g/mol. The van der Waals surface area contributed by atoms with Crippen LogP contribution in [0, 0.1) is 5.82 Å². The molecule has 1 saturated heterocycles. The summed E-state index contributed by atoms with van der Waals surface area (Å²) in [5.41, 5.74) is 0.926. The fraction of sp³-hybridized carbons (Fsp3) is 0.455. The number of benzene rings is 1. The van der Waals surface area contributed by atoms with E-state index in [-0.39, 0.29) is 5.82 Å². The van der Waals surface area contributed by atoms with Crippen LogP contribution in [0.25, 0.3) is 0 Å². The predicted molar refractivity (Wildman–Crippen MR) is 58.0 cm³/mol. The molecule has 3 nitrogen and oxygen atoms in total. The standard InChI is InChI=1S/C11H15FN2O/c1-15-11-3-2-9(8-10(11)12)14-6-4-13-5-7-14/h2-3,8,13H,4-7H2,1H3. The summed E-state index contributed by atoms with van der Waals surface area (Å²) in [6.45, 7) is 3.75. The topological polar surface area (TPSA) is 24.5 Å². The van der Waals surface area contributed by atoms with Gasteiger partial charge in [0.15, 0.2) is 11.6 Å². The van der Waals surface area contributed by atoms with Crippen LogP contribution in [-0.4, -0.2) is 33.3 Å². The van der Waals surface area contributed by atoms with Crippen LogP contribution in [0.5, 0.6) is 5.75 Å². The van der Waals surface area contributed by atoms with Crippen LogP contribution in [0.3, 0.4) is 0 Å². The third kappa shape index (κ3) is 2.21. The third-order valence-corrected chi connectivity index (χ3v) is 2.62. The molecule has 0 radical (unpaired) electrons. The lowest BCUT2D eigenvalue weighted by Crippen LogP contribution is -2.43. The zero-order valence-corrected chi connectivity index (χ0v) is 8.79. The van der Waals surface area contributed by atoms with E-state index in [4.69, 9.17) is 4.74 Å². The molecule has 15 heavy (non-hydrogen) atoms. The minimum Gasteiger partial charge on any atom is -0.494 e. The molecular weight excluding hydrogens is 195 g/mol. The van der Waals surface area contributed by atoms with Crippen molar-refractivity contribution < 1.29 is 9.13 Å². The van der Waals surface area contributed by atoms with Gasteiger partial charge in [-0.05, 0) is 12.1 Å². The van der Waals surface area contributed by atoms with Crippen molar-refractivity contribution in [3.8, 4) is 5.75 Å². The molecule has 1 aromatic rings. The average molecular weight is 210 g/mol. The van der Waals surface area contributed by atoms with Crippen molar-refractivity contribution in [2.45, 2.75) is 0 Å². The molecule has 0 spiro atoms. The van der Waals surface area contributed by atoms with Crippen molar-refractivity contribution in [1.82, 2.24) is 5.32 Å². The van der Waals surface area contributed by atoms with Gasteiger partial charge in [-0.15, -0.1) is 0 Å². The third-order valence-electron chi connectivity index (χ3n) is 2.62. The first-order chi connectivity index (χ1) is 7.31. The van der Waals surface area contributed by atoms with Crippen molar-refractivity contribution in [2.75, 3.05) is 38.2 Å². The summed E-state index contributed by atoms with van der Waals surface area (Å²) in [5.74, 6) is 0.00224. The molecule has 0 bridgehead atoms. The molecule has 1 aliphatic rings. The Morgan fingerprint density at radius 1 is 1.33 bits per heavy atom. The number of ether oxygens (including phenoxy) is 1. The van der Waals surface area contributed by atoms with E-state index in [1.54, 1.807) is 6.07 Å². The number of methoxy groups -OCH3 is 1. The minimum atomic E-state index is -0.298. The smallest absolute Gasteiger partial charge is 0.167 e. The lowest BCUT2D eigenvalue weighted by molar-refractivity contribution is 0.386. The molecule has 1 aliphatic heterocycles. The van der Waals surface area contributed by atoms with Crippen molar-refractivity contribution >= 4 is 5.69 Å². The number of rotatable bonds is 2. The highest BCUT2D eigenvalue weighted by atomic mass is 19.1. The maximum Gasteiger partial charge on any atom is 0.167 e. The molecule has 1 N–H and O–H groups in total. The SMILES string of the molecule is COc1ccc(N2CCNCC2)cc1F. The molecule has 0 saturated carbocycles. The number of hydrogen-bond acceptors (Lipinski definition) is 3. The normalized spacial score (nSPS) is 16.5. The van der Waals surface area contributed by atoms with Gasteiger partial charge in [0, 0.05) is 37.9 Å². The number of anilines is 1. The number of nitrogens with one attached hydrogen (secondary N) is 1. The second-order valence-electron chi connectivity index (χ2n) is 3.56. The highest BCUT2D eigenvalue weighted by Gasteiger charge is 2.12. The maximum atomic E-state index is 13.4. The van der Waals surface area contributed by atoms with Crippen LogP contribution in [0.2, 0.25) is 0 Å². The summed E-state index contributed by atoms with van der Waals surface area (Å²) < 4.78 is 18.3. The molecule has 82 valence electrons. The van der Waals surface area contributed by atoms with Crippen molar-refractivity contribution in [2.24, 2.45) is 0 Å². The van der Waals surface area contributed by atoms with Gasteiger partial charge >= 0.3 is 0 Å². The molecular formula is C11H15FN2O. The number of nitrogens with zero attached hydrogens (tertiary/aromatic N) is 1. The molecule has 0 amide bonds. The van der Waals surface area contributed by atoms with Gasteiger partial charge in [-0.25, -0.2) is 4.39 Å². The van der Waals surface area contributed by atoms with Crippen LogP contribution in [0.1, 0.15) is 0 Å². The van der Waals surface area contributed by atoms with Crippen LogP contribution in [0.15, 0.2) is 18.2 Å². The molecule has 1 fully saturated rings. The second-order valence-corrected chi connectivity index (χ2v) is 3.56.